The van der Waals surface area contributed by atoms with Gasteiger partial charge in [0.05, 0.1) is 19.6 Å². The first-order valence-corrected chi connectivity index (χ1v) is 10.6. The fourth-order valence-electron chi connectivity index (χ4n) is 3.65. The number of piperazine rings is 1. The SMILES string of the molecule is CC(C)NC(=O)CN1CCN(CC(=O)N(Cc2ccccc2)c2ccccc2)CC1. The number of carbonyl (C=O) groups is 2. The van der Waals surface area contributed by atoms with Gasteiger partial charge < -0.3 is 10.2 Å². The van der Waals surface area contributed by atoms with Gasteiger partial charge in [-0.3, -0.25) is 19.4 Å². The molecule has 6 nitrogen and oxygen atoms in total. The lowest BCUT2D eigenvalue weighted by Gasteiger charge is -2.35. The molecular formula is C24H32N4O2. The van der Waals surface area contributed by atoms with E-state index in [1.165, 1.54) is 0 Å². The summed E-state index contributed by atoms with van der Waals surface area (Å²) in [7, 11) is 0. The van der Waals surface area contributed by atoms with Crippen LogP contribution in [0, 0.1) is 0 Å². The lowest BCUT2D eigenvalue weighted by atomic mass is 10.2. The lowest BCUT2D eigenvalue weighted by molar-refractivity contribution is -0.124. The molecule has 0 aliphatic carbocycles. The number of amides is 2. The summed E-state index contributed by atoms with van der Waals surface area (Å²) in [5.41, 5.74) is 2.02. The molecule has 1 aliphatic rings. The Kier molecular flexibility index (Phi) is 7.99. The van der Waals surface area contributed by atoms with Crippen molar-refractivity contribution in [1.82, 2.24) is 15.1 Å². The van der Waals surface area contributed by atoms with Crippen molar-refractivity contribution < 1.29 is 9.59 Å². The molecule has 1 saturated heterocycles. The van der Waals surface area contributed by atoms with Gasteiger partial charge in [0.25, 0.3) is 0 Å². The molecule has 6 heteroatoms. The number of nitrogens with one attached hydrogen (secondary N) is 1. The van der Waals surface area contributed by atoms with Crippen LogP contribution in [-0.2, 0) is 16.1 Å². The van der Waals surface area contributed by atoms with Crippen molar-refractivity contribution in [2.75, 3.05) is 44.2 Å². The minimum atomic E-state index is 0.0626. The Morgan fingerprint density at radius 2 is 1.40 bits per heavy atom. The second kappa shape index (κ2) is 10.9. The fourth-order valence-corrected chi connectivity index (χ4v) is 3.65. The molecule has 3 rings (SSSR count). The first-order chi connectivity index (χ1) is 14.5. The van der Waals surface area contributed by atoms with E-state index in [1.54, 1.807) is 0 Å². The van der Waals surface area contributed by atoms with Crippen molar-refractivity contribution in [3.05, 3.63) is 66.2 Å². The number of nitrogens with zero attached hydrogens (tertiary/aromatic N) is 3. The Bertz CT molecular complexity index is 802. The highest BCUT2D eigenvalue weighted by Gasteiger charge is 2.23. The first kappa shape index (κ1) is 22.0. The summed E-state index contributed by atoms with van der Waals surface area (Å²) in [5.74, 6) is 0.156. The molecule has 0 aromatic heterocycles. The zero-order chi connectivity index (χ0) is 21.3. The Balaban J connectivity index is 1.56. The normalized spacial score (nSPS) is 15.2. The van der Waals surface area contributed by atoms with Crippen LogP contribution < -0.4 is 10.2 Å². The van der Waals surface area contributed by atoms with Crippen LogP contribution in [0.15, 0.2) is 60.7 Å². The third kappa shape index (κ3) is 6.68. The summed E-state index contributed by atoms with van der Waals surface area (Å²) in [4.78, 5) is 31.4. The highest BCUT2D eigenvalue weighted by Crippen LogP contribution is 2.18. The van der Waals surface area contributed by atoms with E-state index < -0.39 is 0 Å². The van der Waals surface area contributed by atoms with Crippen molar-refractivity contribution in [1.29, 1.82) is 0 Å². The molecule has 1 fully saturated rings. The van der Waals surface area contributed by atoms with E-state index in [0.29, 0.717) is 19.6 Å². The third-order valence-electron chi connectivity index (χ3n) is 5.19. The summed E-state index contributed by atoms with van der Waals surface area (Å²) in [6.07, 6.45) is 0. The molecule has 0 spiro atoms. The Labute approximate surface area is 179 Å². The molecule has 0 unspecified atom stereocenters. The van der Waals surface area contributed by atoms with Crippen LogP contribution in [0.2, 0.25) is 0 Å². The molecule has 2 aromatic rings. The monoisotopic (exact) mass is 408 g/mol. The summed E-state index contributed by atoms with van der Waals surface area (Å²) >= 11 is 0. The van der Waals surface area contributed by atoms with Crippen molar-refractivity contribution in [3.8, 4) is 0 Å². The summed E-state index contributed by atoms with van der Waals surface area (Å²) in [6.45, 7) is 8.45. The predicted molar refractivity (Wildman–Crippen MR) is 120 cm³/mol. The molecule has 0 saturated carbocycles. The average molecular weight is 409 g/mol. The quantitative estimate of drug-likeness (QED) is 0.729. The van der Waals surface area contributed by atoms with Crippen LogP contribution in [0.3, 0.4) is 0 Å². The molecule has 0 radical (unpaired) electrons. The van der Waals surface area contributed by atoms with Crippen molar-refractivity contribution in [2.45, 2.75) is 26.4 Å². The molecule has 160 valence electrons. The Hall–Kier alpha value is -2.70. The van der Waals surface area contributed by atoms with Gasteiger partial charge in [0, 0.05) is 37.9 Å². The number of rotatable bonds is 8. The number of carbonyl (C=O) groups excluding carboxylic acids is 2. The second-order valence-electron chi connectivity index (χ2n) is 8.08. The maximum atomic E-state index is 13.2. The van der Waals surface area contributed by atoms with Gasteiger partial charge in [-0.25, -0.2) is 0 Å². The highest BCUT2D eigenvalue weighted by molar-refractivity contribution is 5.94. The van der Waals surface area contributed by atoms with Gasteiger partial charge in [-0.2, -0.15) is 0 Å². The van der Waals surface area contributed by atoms with Gasteiger partial charge in [-0.15, -0.1) is 0 Å². The van der Waals surface area contributed by atoms with Gasteiger partial charge in [-0.05, 0) is 31.5 Å². The number of anilines is 1. The van der Waals surface area contributed by atoms with E-state index in [2.05, 4.69) is 15.1 Å². The van der Waals surface area contributed by atoms with Gasteiger partial charge >= 0.3 is 0 Å². The summed E-state index contributed by atoms with van der Waals surface area (Å²) in [5, 5.41) is 2.93. The van der Waals surface area contributed by atoms with Gasteiger partial charge in [0.1, 0.15) is 0 Å². The molecule has 0 atom stereocenters. The average Bonchev–Trinajstić information content (AvgIpc) is 2.74. The van der Waals surface area contributed by atoms with E-state index in [-0.39, 0.29) is 17.9 Å². The van der Waals surface area contributed by atoms with Crippen LogP contribution in [-0.4, -0.2) is 66.9 Å². The molecule has 1 aliphatic heterocycles. The summed E-state index contributed by atoms with van der Waals surface area (Å²) in [6, 6.07) is 20.1. The highest BCUT2D eigenvalue weighted by atomic mass is 16.2. The molecule has 0 bridgehead atoms. The zero-order valence-electron chi connectivity index (χ0n) is 18.0. The topological polar surface area (TPSA) is 55.9 Å². The number of hydrogen-bond acceptors (Lipinski definition) is 4. The van der Waals surface area contributed by atoms with E-state index in [4.69, 9.17) is 0 Å². The van der Waals surface area contributed by atoms with E-state index in [1.807, 2.05) is 79.4 Å². The van der Waals surface area contributed by atoms with Crippen molar-refractivity contribution in [2.24, 2.45) is 0 Å². The van der Waals surface area contributed by atoms with Gasteiger partial charge in [0.2, 0.25) is 11.8 Å². The molecule has 1 heterocycles. The van der Waals surface area contributed by atoms with Crippen LogP contribution in [0.4, 0.5) is 5.69 Å². The summed E-state index contributed by atoms with van der Waals surface area (Å²) < 4.78 is 0. The molecule has 2 aromatic carbocycles. The molecule has 1 N–H and O–H groups in total. The smallest absolute Gasteiger partial charge is 0.241 e. The lowest BCUT2D eigenvalue weighted by Crippen LogP contribution is -2.52. The zero-order valence-corrected chi connectivity index (χ0v) is 18.0. The molecule has 30 heavy (non-hydrogen) atoms. The van der Waals surface area contributed by atoms with E-state index in [9.17, 15) is 9.59 Å². The standard InChI is InChI=1S/C24H32N4O2/c1-20(2)25-23(29)18-26-13-15-27(16-14-26)19-24(30)28(22-11-7-4-8-12-22)17-21-9-5-3-6-10-21/h3-12,20H,13-19H2,1-2H3,(H,25,29). The number of hydrogen-bond donors (Lipinski definition) is 1. The van der Waals surface area contributed by atoms with Crippen molar-refractivity contribution in [3.63, 3.8) is 0 Å². The van der Waals surface area contributed by atoms with Crippen LogP contribution in [0.1, 0.15) is 19.4 Å². The maximum Gasteiger partial charge on any atom is 0.241 e. The van der Waals surface area contributed by atoms with Crippen molar-refractivity contribution >= 4 is 17.5 Å². The molecular weight excluding hydrogens is 376 g/mol. The van der Waals surface area contributed by atoms with Crippen LogP contribution >= 0.6 is 0 Å². The predicted octanol–water partition coefficient (Wildman–Crippen LogP) is 2.36. The van der Waals surface area contributed by atoms with E-state index >= 15 is 0 Å². The first-order valence-electron chi connectivity index (χ1n) is 10.6. The maximum absolute atomic E-state index is 13.2. The fraction of sp³-hybridized carbons (Fsp3) is 0.417. The van der Waals surface area contributed by atoms with Crippen LogP contribution in [0.5, 0.6) is 0 Å². The third-order valence-corrected chi connectivity index (χ3v) is 5.19. The Morgan fingerprint density at radius 1 is 0.867 bits per heavy atom. The van der Waals surface area contributed by atoms with Crippen LogP contribution in [0.25, 0.3) is 0 Å². The largest absolute Gasteiger partial charge is 0.353 e. The molecule has 2 amide bonds. The second-order valence-corrected chi connectivity index (χ2v) is 8.08. The van der Waals surface area contributed by atoms with E-state index in [0.717, 1.165) is 37.4 Å². The van der Waals surface area contributed by atoms with Gasteiger partial charge in [0.15, 0.2) is 0 Å². The minimum Gasteiger partial charge on any atom is -0.353 e. The number of benzene rings is 2. The van der Waals surface area contributed by atoms with Gasteiger partial charge in [-0.1, -0.05) is 48.5 Å². The Morgan fingerprint density at radius 3 is 1.97 bits per heavy atom. The minimum absolute atomic E-state index is 0.0626. The number of para-hydroxylation sites is 1.